The summed E-state index contributed by atoms with van der Waals surface area (Å²) < 4.78 is 0. The summed E-state index contributed by atoms with van der Waals surface area (Å²) in [7, 11) is 1.85. The number of halogens is 1. The molecule has 0 spiro atoms. The van der Waals surface area contributed by atoms with E-state index in [-0.39, 0.29) is 24.0 Å². The van der Waals surface area contributed by atoms with E-state index in [1.54, 1.807) is 0 Å². The van der Waals surface area contributed by atoms with E-state index in [1.807, 2.05) is 13.2 Å². The van der Waals surface area contributed by atoms with Crippen LogP contribution in [-0.2, 0) is 19.5 Å². The van der Waals surface area contributed by atoms with Gasteiger partial charge in [0.15, 0.2) is 5.96 Å². The second-order valence-electron chi connectivity index (χ2n) is 6.32. The molecule has 0 bridgehead atoms. The van der Waals surface area contributed by atoms with Crippen LogP contribution < -0.4 is 5.32 Å². The molecule has 1 aliphatic heterocycles. The number of aromatic nitrogens is 1. The molecule has 2 aromatic carbocycles. The second-order valence-corrected chi connectivity index (χ2v) is 6.32. The molecule has 1 aromatic heterocycles. The molecule has 0 atom stereocenters. The summed E-state index contributed by atoms with van der Waals surface area (Å²) in [5.74, 6) is 0.934. The number of pyridine rings is 1. The van der Waals surface area contributed by atoms with E-state index in [2.05, 4.69) is 74.8 Å². The molecule has 4 rings (SSSR count). The van der Waals surface area contributed by atoms with Crippen molar-refractivity contribution in [3.8, 4) is 0 Å². The minimum Gasteiger partial charge on any atom is -0.351 e. The number of nitrogens with zero attached hydrogens (tertiary/aromatic N) is 3. The van der Waals surface area contributed by atoms with Crippen LogP contribution in [0, 0.1) is 0 Å². The van der Waals surface area contributed by atoms with E-state index < -0.39 is 0 Å². The van der Waals surface area contributed by atoms with Gasteiger partial charge in [-0.25, -0.2) is 0 Å². The molecular weight excluding hydrogens is 435 g/mol. The van der Waals surface area contributed by atoms with Crippen molar-refractivity contribution in [2.24, 2.45) is 4.99 Å². The van der Waals surface area contributed by atoms with E-state index in [1.165, 1.54) is 21.9 Å². The maximum atomic E-state index is 4.56. The van der Waals surface area contributed by atoms with E-state index in [9.17, 15) is 0 Å². The number of nitrogens with one attached hydrogen (secondary N) is 1. The summed E-state index contributed by atoms with van der Waals surface area (Å²) in [6.07, 6.45) is 2.93. The summed E-state index contributed by atoms with van der Waals surface area (Å²) in [4.78, 5) is 11.4. The molecule has 0 amide bonds. The van der Waals surface area contributed by atoms with Gasteiger partial charge in [0.1, 0.15) is 0 Å². The molecule has 1 aliphatic rings. The first kappa shape index (κ1) is 18.6. The van der Waals surface area contributed by atoms with Gasteiger partial charge in [0.25, 0.3) is 0 Å². The van der Waals surface area contributed by atoms with Crippen LogP contribution in [0.25, 0.3) is 10.8 Å². The molecule has 26 heavy (non-hydrogen) atoms. The summed E-state index contributed by atoms with van der Waals surface area (Å²) in [5, 5.41) is 5.90. The third-order valence-electron chi connectivity index (χ3n) is 4.81. The molecule has 0 aliphatic carbocycles. The second kappa shape index (κ2) is 8.49. The zero-order valence-corrected chi connectivity index (χ0v) is 17.2. The first-order chi connectivity index (χ1) is 12.3. The third kappa shape index (κ3) is 3.82. The highest BCUT2D eigenvalue weighted by Gasteiger charge is 2.18. The number of fused-ring (bicyclic) bond motifs is 2. The van der Waals surface area contributed by atoms with Gasteiger partial charge in [-0.3, -0.25) is 9.98 Å². The topological polar surface area (TPSA) is 40.5 Å². The summed E-state index contributed by atoms with van der Waals surface area (Å²) >= 11 is 0. The van der Waals surface area contributed by atoms with Gasteiger partial charge < -0.3 is 10.2 Å². The average molecular weight is 458 g/mol. The molecule has 134 valence electrons. The normalized spacial score (nSPS) is 13.9. The van der Waals surface area contributed by atoms with Gasteiger partial charge in [0, 0.05) is 31.7 Å². The molecule has 1 N–H and O–H groups in total. The maximum absolute atomic E-state index is 4.56. The Morgan fingerprint density at radius 1 is 1.08 bits per heavy atom. The molecule has 5 heteroatoms. The lowest BCUT2D eigenvalue weighted by Crippen LogP contribution is -2.43. The van der Waals surface area contributed by atoms with Crippen molar-refractivity contribution in [2.45, 2.75) is 19.5 Å². The average Bonchev–Trinajstić information content (AvgIpc) is 2.68. The van der Waals surface area contributed by atoms with Crippen molar-refractivity contribution in [3.05, 3.63) is 77.6 Å². The first-order valence-corrected chi connectivity index (χ1v) is 8.70. The zero-order valence-electron chi connectivity index (χ0n) is 14.9. The molecule has 0 unspecified atom stereocenters. The molecule has 0 saturated heterocycles. The lowest BCUT2D eigenvalue weighted by molar-refractivity contribution is 0.378. The van der Waals surface area contributed by atoms with E-state index in [0.29, 0.717) is 6.54 Å². The predicted octanol–water partition coefficient (Wildman–Crippen LogP) is 3.99. The highest BCUT2D eigenvalue weighted by Crippen LogP contribution is 2.19. The Hall–Kier alpha value is -2.15. The van der Waals surface area contributed by atoms with Crippen LogP contribution in [0.4, 0.5) is 0 Å². The van der Waals surface area contributed by atoms with Gasteiger partial charge in [0.2, 0.25) is 0 Å². The standard InChI is InChI=1S/C21H22N4.HI/c1-22-21(25-13-11-16-6-2-3-8-18(16)15-25)24-14-20-19-9-5-4-7-17(19)10-12-23-20;/h2-10,12H,11,13-15H2,1H3,(H,22,24);1H. The number of benzene rings is 2. The number of aliphatic imine (C=N–C) groups is 1. The third-order valence-corrected chi connectivity index (χ3v) is 4.81. The Kier molecular flexibility index (Phi) is 6.08. The number of rotatable bonds is 2. The first-order valence-electron chi connectivity index (χ1n) is 8.70. The molecule has 0 radical (unpaired) electrons. The van der Waals surface area contributed by atoms with E-state index >= 15 is 0 Å². The van der Waals surface area contributed by atoms with E-state index in [0.717, 1.165) is 31.2 Å². The van der Waals surface area contributed by atoms with Gasteiger partial charge >= 0.3 is 0 Å². The van der Waals surface area contributed by atoms with E-state index in [4.69, 9.17) is 0 Å². The summed E-state index contributed by atoms with van der Waals surface area (Å²) in [6, 6.07) is 19.1. The lowest BCUT2D eigenvalue weighted by atomic mass is 10.0. The molecule has 0 saturated carbocycles. The van der Waals surface area contributed by atoms with Gasteiger partial charge in [-0.2, -0.15) is 0 Å². The Morgan fingerprint density at radius 2 is 1.85 bits per heavy atom. The molecular formula is C21H23IN4. The van der Waals surface area contributed by atoms with Gasteiger partial charge in [-0.15, -0.1) is 24.0 Å². The Balaban J connectivity index is 0.00000196. The SMILES string of the molecule is CN=C(NCc1nccc2ccccc12)N1CCc2ccccc2C1.I. The number of guanidine groups is 1. The predicted molar refractivity (Wildman–Crippen MR) is 118 cm³/mol. The van der Waals surface area contributed by atoms with Gasteiger partial charge in [0.05, 0.1) is 12.2 Å². The fraction of sp³-hybridized carbons (Fsp3) is 0.238. The Bertz CT molecular complexity index is 917. The van der Waals surface area contributed by atoms with Crippen molar-refractivity contribution in [3.63, 3.8) is 0 Å². The minimum absolute atomic E-state index is 0. The van der Waals surface area contributed by atoms with Crippen LogP contribution in [0.1, 0.15) is 16.8 Å². The summed E-state index contributed by atoms with van der Waals surface area (Å²) in [6.45, 7) is 2.56. The highest BCUT2D eigenvalue weighted by atomic mass is 127. The van der Waals surface area contributed by atoms with Crippen molar-refractivity contribution in [2.75, 3.05) is 13.6 Å². The van der Waals surface area contributed by atoms with Gasteiger partial charge in [-0.05, 0) is 29.0 Å². The minimum atomic E-state index is 0. The number of hydrogen-bond donors (Lipinski definition) is 1. The maximum Gasteiger partial charge on any atom is 0.194 e. The van der Waals surface area contributed by atoms with Crippen molar-refractivity contribution >= 4 is 40.7 Å². The van der Waals surface area contributed by atoms with Crippen molar-refractivity contribution in [1.82, 2.24) is 15.2 Å². The summed E-state index contributed by atoms with van der Waals surface area (Å²) in [5.41, 5.74) is 3.89. The van der Waals surface area contributed by atoms with Crippen LogP contribution in [0.3, 0.4) is 0 Å². The van der Waals surface area contributed by atoms with Crippen LogP contribution in [-0.4, -0.2) is 29.4 Å². The van der Waals surface area contributed by atoms with Crippen LogP contribution >= 0.6 is 24.0 Å². The molecule has 4 nitrogen and oxygen atoms in total. The smallest absolute Gasteiger partial charge is 0.194 e. The lowest BCUT2D eigenvalue weighted by Gasteiger charge is -2.31. The van der Waals surface area contributed by atoms with Crippen LogP contribution in [0.15, 0.2) is 65.8 Å². The molecule has 2 heterocycles. The fourth-order valence-electron chi connectivity index (χ4n) is 3.49. The molecule has 0 fully saturated rings. The fourth-order valence-corrected chi connectivity index (χ4v) is 3.49. The monoisotopic (exact) mass is 458 g/mol. The molecule has 3 aromatic rings. The zero-order chi connectivity index (χ0) is 17.1. The Labute approximate surface area is 171 Å². The Morgan fingerprint density at radius 3 is 2.69 bits per heavy atom. The number of hydrogen-bond acceptors (Lipinski definition) is 2. The van der Waals surface area contributed by atoms with Crippen LogP contribution in [0.5, 0.6) is 0 Å². The highest BCUT2D eigenvalue weighted by molar-refractivity contribution is 14.0. The van der Waals surface area contributed by atoms with Crippen molar-refractivity contribution in [1.29, 1.82) is 0 Å². The largest absolute Gasteiger partial charge is 0.351 e. The van der Waals surface area contributed by atoms with Crippen molar-refractivity contribution < 1.29 is 0 Å². The quantitative estimate of drug-likeness (QED) is 0.359. The van der Waals surface area contributed by atoms with Gasteiger partial charge in [-0.1, -0.05) is 48.5 Å². The van der Waals surface area contributed by atoms with Crippen LogP contribution in [0.2, 0.25) is 0 Å².